The van der Waals surface area contributed by atoms with Crippen LogP contribution in [-0.2, 0) is 6.54 Å². The lowest BCUT2D eigenvalue weighted by molar-refractivity contribution is 0.483. The highest BCUT2D eigenvalue weighted by Gasteiger charge is 2.03. The summed E-state index contributed by atoms with van der Waals surface area (Å²) >= 11 is 0. The van der Waals surface area contributed by atoms with E-state index in [0.717, 1.165) is 22.6 Å². The van der Waals surface area contributed by atoms with E-state index < -0.39 is 0 Å². The van der Waals surface area contributed by atoms with Crippen LogP contribution in [0.15, 0.2) is 78.9 Å². The summed E-state index contributed by atoms with van der Waals surface area (Å²) in [6.45, 7) is 0.540. The third kappa shape index (κ3) is 3.12. The van der Waals surface area contributed by atoms with Crippen molar-refractivity contribution in [2.45, 2.75) is 6.54 Å². The van der Waals surface area contributed by atoms with Crippen LogP contribution in [0.4, 0.5) is 0 Å². The topological polar surface area (TPSA) is 35.2 Å². The van der Waals surface area contributed by atoms with Crippen LogP contribution in [-0.4, -0.2) is 0 Å². The highest BCUT2D eigenvalue weighted by Crippen LogP contribution is 2.27. The molecule has 0 spiro atoms. The molecule has 0 aromatic heterocycles. The largest absolute Gasteiger partial charge is 0.457 e. The van der Waals surface area contributed by atoms with Crippen molar-refractivity contribution in [2.75, 3.05) is 0 Å². The summed E-state index contributed by atoms with van der Waals surface area (Å²) in [6.07, 6.45) is 0. The first-order valence-corrected chi connectivity index (χ1v) is 6.98. The minimum Gasteiger partial charge on any atom is -0.457 e. The minimum atomic E-state index is 0.540. The summed E-state index contributed by atoms with van der Waals surface area (Å²) in [7, 11) is 0. The van der Waals surface area contributed by atoms with E-state index in [0.29, 0.717) is 6.54 Å². The van der Waals surface area contributed by atoms with Gasteiger partial charge >= 0.3 is 0 Å². The van der Waals surface area contributed by atoms with Crippen LogP contribution in [0.5, 0.6) is 11.5 Å². The predicted molar refractivity (Wildman–Crippen MR) is 86.3 cm³/mol. The lowest BCUT2D eigenvalue weighted by Gasteiger charge is -2.09. The number of hydrogen-bond donors (Lipinski definition) is 1. The van der Waals surface area contributed by atoms with Gasteiger partial charge in [0.25, 0.3) is 0 Å². The molecule has 2 N–H and O–H groups in total. The van der Waals surface area contributed by atoms with Gasteiger partial charge < -0.3 is 10.5 Å². The van der Waals surface area contributed by atoms with Crippen molar-refractivity contribution in [3.8, 4) is 22.6 Å². The van der Waals surface area contributed by atoms with Crippen molar-refractivity contribution >= 4 is 0 Å². The first-order chi connectivity index (χ1) is 10.4. The van der Waals surface area contributed by atoms with Gasteiger partial charge in [-0.15, -0.1) is 0 Å². The quantitative estimate of drug-likeness (QED) is 0.755. The van der Waals surface area contributed by atoms with Crippen molar-refractivity contribution in [1.29, 1.82) is 0 Å². The fourth-order valence-electron chi connectivity index (χ4n) is 2.31. The lowest BCUT2D eigenvalue weighted by Crippen LogP contribution is -1.98. The molecule has 0 aliphatic carbocycles. The van der Waals surface area contributed by atoms with Gasteiger partial charge in [0.1, 0.15) is 11.5 Å². The molecule has 0 aliphatic heterocycles. The van der Waals surface area contributed by atoms with Gasteiger partial charge in [0.15, 0.2) is 0 Å². The van der Waals surface area contributed by atoms with Gasteiger partial charge in [-0.2, -0.15) is 0 Å². The smallest absolute Gasteiger partial charge is 0.127 e. The number of para-hydroxylation sites is 1. The molecule has 3 aromatic rings. The predicted octanol–water partition coefficient (Wildman–Crippen LogP) is 4.60. The van der Waals surface area contributed by atoms with Crippen LogP contribution in [0.3, 0.4) is 0 Å². The molecule has 0 unspecified atom stereocenters. The molecule has 0 fully saturated rings. The number of rotatable bonds is 4. The van der Waals surface area contributed by atoms with Gasteiger partial charge in [0.05, 0.1) is 0 Å². The first-order valence-electron chi connectivity index (χ1n) is 6.98. The fourth-order valence-corrected chi connectivity index (χ4v) is 2.31. The van der Waals surface area contributed by atoms with E-state index in [1.165, 1.54) is 5.56 Å². The summed E-state index contributed by atoms with van der Waals surface area (Å²) in [6, 6.07) is 26.1. The Morgan fingerprint density at radius 3 is 2.00 bits per heavy atom. The Labute approximate surface area is 124 Å². The van der Waals surface area contributed by atoms with E-state index in [1.807, 2.05) is 54.6 Å². The minimum absolute atomic E-state index is 0.540. The van der Waals surface area contributed by atoms with Crippen LogP contribution in [0.1, 0.15) is 5.56 Å². The highest BCUT2D eigenvalue weighted by molar-refractivity contribution is 5.68. The zero-order valence-corrected chi connectivity index (χ0v) is 11.7. The molecule has 21 heavy (non-hydrogen) atoms. The van der Waals surface area contributed by atoms with E-state index in [-0.39, 0.29) is 0 Å². The molecule has 0 heterocycles. The van der Waals surface area contributed by atoms with Crippen molar-refractivity contribution in [3.05, 3.63) is 84.4 Å². The zero-order chi connectivity index (χ0) is 14.5. The average Bonchev–Trinajstić information content (AvgIpc) is 2.56. The van der Waals surface area contributed by atoms with E-state index >= 15 is 0 Å². The van der Waals surface area contributed by atoms with Crippen molar-refractivity contribution in [3.63, 3.8) is 0 Å². The summed E-state index contributed by atoms with van der Waals surface area (Å²) in [5.41, 5.74) is 9.26. The van der Waals surface area contributed by atoms with Crippen molar-refractivity contribution < 1.29 is 4.74 Å². The second kappa shape index (κ2) is 6.25. The third-order valence-corrected chi connectivity index (χ3v) is 3.38. The summed E-state index contributed by atoms with van der Waals surface area (Å²) in [5, 5.41) is 0. The molecule has 104 valence electrons. The molecule has 0 saturated carbocycles. The molecule has 0 aliphatic rings. The summed E-state index contributed by atoms with van der Waals surface area (Å²) in [4.78, 5) is 0. The third-order valence-electron chi connectivity index (χ3n) is 3.38. The van der Waals surface area contributed by atoms with Crippen LogP contribution < -0.4 is 10.5 Å². The van der Waals surface area contributed by atoms with Crippen molar-refractivity contribution in [1.82, 2.24) is 0 Å². The van der Waals surface area contributed by atoms with Gasteiger partial charge in [-0.3, -0.25) is 0 Å². The Balaban J connectivity index is 1.84. The van der Waals surface area contributed by atoms with E-state index in [4.69, 9.17) is 10.5 Å². The maximum absolute atomic E-state index is 5.80. The SMILES string of the molecule is NCc1ccccc1-c1ccc(Oc2ccccc2)cc1. The van der Waals surface area contributed by atoms with Gasteiger partial charge in [-0.1, -0.05) is 54.6 Å². The monoisotopic (exact) mass is 275 g/mol. The fraction of sp³-hybridized carbons (Fsp3) is 0.0526. The van der Waals surface area contributed by atoms with Gasteiger partial charge in [-0.05, 0) is 41.0 Å². The first kappa shape index (κ1) is 13.4. The molecule has 0 bridgehead atoms. The molecule has 2 heteroatoms. The average molecular weight is 275 g/mol. The van der Waals surface area contributed by atoms with Gasteiger partial charge in [-0.25, -0.2) is 0 Å². The molecule has 0 atom stereocenters. The normalized spacial score (nSPS) is 10.3. The van der Waals surface area contributed by atoms with Gasteiger partial charge in [0, 0.05) is 6.54 Å². The van der Waals surface area contributed by atoms with E-state index in [2.05, 4.69) is 24.3 Å². The molecule has 0 radical (unpaired) electrons. The number of benzene rings is 3. The molecular formula is C19H17NO. The maximum atomic E-state index is 5.80. The Morgan fingerprint density at radius 2 is 1.29 bits per heavy atom. The highest BCUT2D eigenvalue weighted by atomic mass is 16.5. The molecule has 3 aromatic carbocycles. The summed E-state index contributed by atoms with van der Waals surface area (Å²) < 4.78 is 5.80. The Morgan fingerprint density at radius 1 is 0.667 bits per heavy atom. The standard InChI is InChI=1S/C19H17NO/c20-14-16-6-4-5-9-19(16)15-10-12-18(13-11-15)21-17-7-2-1-3-8-17/h1-13H,14,20H2. The Bertz CT molecular complexity index is 705. The van der Waals surface area contributed by atoms with Crippen LogP contribution in [0.2, 0.25) is 0 Å². The molecule has 3 rings (SSSR count). The number of nitrogens with two attached hydrogens (primary N) is 1. The van der Waals surface area contributed by atoms with E-state index in [9.17, 15) is 0 Å². The molecule has 0 saturated heterocycles. The van der Waals surface area contributed by atoms with Crippen LogP contribution >= 0.6 is 0 Å². The van der Waals surface area contributed by atoms with Crippen LogP contribution in [0, 0.1) is 0 Å². The zero-order valence-electron chi connectivity index (χ0n) is 11.7. The summed E-state index contributed by atoms with van der Waals surface area (Å²) in [5.74, 6) is 1.67. The Hall–Kier alpha value is -2.58. The van der Waals surface area contributed by atoms with Crippen LogP contribution in [0.25, 0.3) is 11.1 Å². The molecule has 0 amide bonds. The second-order valence-corrected chi connectivity index (χ2v) is 4.80. The second-order valence-electron chi connectivity index (χ2n) is 4.80. The maximum Gasteiger partial charge on any atom is 0.127 e. The molecule has 2 nitrogen and oxygen atoms in total. The van der Waals surface area contributed by atoms with E-state index in [1.54, 1.807) is 0 Å². The lowest BCUT2D eigenvalue weighted by atomic mass is 10.00. The van der Waals surface area contributed by atoms with Gasteiger partial charge in [0.2, 0.25) is 0 Å². The number of hydrogen-bond acceptors (Lipinski definition) is 2. The molecular weight excluding hydrogens is 258 g/mol. The number of ether oxygens (including phenoxy) is 1. The Kier molecular flexibility index (Phi) is 3.99. The van der Waals surface area contributed by atoms with Crippen molar-refractivity contribution in [2.24, 2.45) is 5.73 Å².